The second-order valence-electron chi connectivity index (χ2n) is 9.19. The molecule has 2 aliphatic rings. The summed E-state index contributed by atoms with van der Waals surface area (Å²) in [6.45, 7) is 1.89. The van der Waals surface area contributed by atoms with Gasteiger partial charge < -0.3 is 24.2 Å². The molecule has 4 rings (SSSR count). The molecule has 11 nitrogen and oxygen atoms in total. The molecule has 2 aromatic rings. The SMILES string of the molecule is CN(c1nc(Cl)nc2c1ncn2[C@@H]1O[C@H](COP(C)(=O)CP(C)(=O)O)[C@@H](O)[C@@H]1F)C1CCCC1. The highest BCUT2D eigenvalue weighted by Crippen LogP contribution is 2.56. The molecule has 3 heterocycles. The van der Waals surface area contributed by atoms with E-state index in [1.807, 2.05) is 11.9 Å². The third-order valence-electron chi connectivity index (χ3n) is 6.18. The molecule has 1 aliphatic carbocycles. The topological polar surface area (TPSA) is 140 Å². The van der Waals surface area contributed by atoms with Gasteiger partial charge in [0.15, 0.2) is 29.4 Å². The van der Waals surface area contributed by atoms with Gasteiger partial charge in [-0.05, 0) is 24.4 Å². The molecule has 6 atom stereocenters. The number of halogens is 2. The van der Waals surface area contributed by atoms with Crippen LogP contribution in [-0.4, -0.2) is 86.8 Å². The van der Waals surface area contributed by atoms with E-state index in [9.17, 15) is 19.1 Å². The van der Waals surface area contributed by atoms with Gasteiger partial charge in [0.05, 0.1) is 12.9 Å². The first-order valence-electron chi connectivity index (χ1n) is 11.0. The quantitative estimate of drug-likeness (QED) is 0.379. The molecule has 0 bridgehead atoms. The summed E-state index contributed by atoms with van der Waals surface area (Å²) >= 11 is 6.19. The lowest BCUT2D eigenvalue weighted by molar-refractivity contribution is -0.0407. The molecule has 34 heavy (non-hydrogen) atoms. The molecule has 1 aliphatic heterocycles. The Morgan fingerprint density at radius 1 is 1.32 bits per heavy atom. The molecule has 1 saturated heterocycles. The Kier molecular flexibility index (Phi) is 7.43. The average molecular weight is 540 g/mol. The Labute approximate surface area is 201 Å². The van der Waals surface area contributed by atoms with Gasteiger partial charge in [0.2, 0.25) is 20.0 Å². The summed E-state index contributed by atoms with van der Waals surface area (Å²) in [7, 11) is -5.13. The summed E-state index contributed by atoms with van der Waals surface area (Å²) in [5, 5.41) is 10.4. The zero-order chi connectivity index (χ0) is 24.8. The Morgan fingerprint density at radius 3 is 2.65 bits per heavy atom. The molecule has 2 unspecified atom stereocenters. The van der Waals surface area contributed by atoms with E-state index in [1.54, 1.807) is 0 Å². The number of fused-ring (bicyclic) bond motifs is 1. The number of imidazole rings is 1. The van der Waals surface area contributed by atoms with Crippen LogP contribution >= 0.6 is 26.3 Å². The van der Waals surface area contributed by atoms with E-state index in [4.69, 9.17) is 20.9 Å². The number of aliphatic hydroxyl groups excluding tert-OH is 1. The lowest BCUT2D eigenvalue weighted by atomic mass is 10.1. The number of alkyl halides is 1. The van der Waals surface area contributed by atoms with Crippen LogP contribution in [0.3, 0.4) is 0 Å². The van der Waals surface area contributed by atoms with Gasteiger partial charge in [0.1, 0.15) is 18.1 Å². The van der Waals surface area contributed by atoms with E-state index in [2.05, 4.69) is 15.0 Å². The van der Waals surface area contributed by atoms with Crippen molar-refractivity contribution in [2.24, 2.45) is 0 Å². The maximum absolute atomic E-state index is 15.1. The van der Waals surface area contributed by atoms with E-state index < -0.39 is 51.9 Å². The number of aromatic nitrogens is 4. The number of nitrogens with zero attached hydrogens (tertiary/aromatic N) is 5. The van der Waals surface area contributed by atoms with Crippen LogP contribution in [0.15, 0.2) is 6.33 Å². The Morgan fingerprint density at radius 2 is 2.00 bits per heavy atom. The van der Waals surface area contributed by atoms with Crippen LogP contribution in [0, 0.1) is 0 Å². The highest BCUT2D eigenvalue weighted by molar-refractivity contribution is 7.74. The van der Waals surface area contributed by atoms with Crippen molar-refractivity contribution in [3.8, 4) is 0 Å². The summed E-state index contributed by atoms with van der Waals surface area (Å²) in [6.07, 6.45) is -0.205. The average Bonchev–Trinajstić information content (AvgIpc) is 3.45. The van der Waals surface area contributed by atoms with E-state index in [-0.39, 0.29) is 10.9 Å². The van der Waals surface area contributed by atoms with Crippen LogP contribution < -0.4 is 4.90 Å². The van der Waals surface area contributed by atoms with Crippen molar-refractivity contribution in [3.63, 3.8) is 0 Å². The highest BCUT2D eigenvalue weighted by Gasteiger charge is 2.46. The van der Waals surface area contributed by atoms with E-state index in [0.29, 0.717) is 17.4 Å². The Balaban J connectivity index is 1.56. The first-order chi connectivity index (χ1) is 15.9. The molecule has 15 heteroatoms. The van der Waals surface area contributed by atoms with Gasteiger partial charge in [0.25, 0.3) is 0 Å². The molecule has 1 saturated carbocycles. The molecule has 0 aromatic carbocycles. The number of rotatable bonds is 8. The Bertz CT molecular complexity index is 1140. The number of hydrogen-bond donors (Lipinski definition) is 2. The van der Waals surface area contributed by atoms with Crippen LogP contribution in [-0.2, 0) is 18.4 Å². The second kappa shape index (κ2) is 9.73. The fraction of sp³-hybridized carbons (Fsp3) is 0.737. The third-order valence-corrected chi connectivity index (χ3v) is 11.2. The largest absolute Gasteiger partial charge is 0.387 e. The van der Waals surface area contributed by atoms with Crippen molar-refractivity contribution in [1.29, 1.82) is 0 Å². The normalized spacial score (nSPS) is 29.4. The zero-order valence-electron chi connectivity index (χ0n) is 19.1. The fourth-order valence-electron chi connectivity index (χ4n) is 4.59. The van der Waals surface area contributed by atoms with E-state index >= 15 is 4.39 Å². The van der Waals surface area contributed by atoms with Crippen molar-refractivity contribution in [2.75, 3.05) is 37.8 Å². The van der Waals surface area contributed by atoms with Gasteiger partial charge in [0, 0.05) is 26.4 Å². The minimum atomic E-state index is -3.59. The van der Waals surface area contributed by atoms with Gasteiger partial charge in [-0.3, -0.25) is 13.7 Å². The predicted octanol–water partition coefficient (Wildman–Crippen LogP) is 3.24. The smallest absolute Gasteiger partial charge is 0.226 e. The predicted molar refractivity (Wildman–Crippen MR) is 126 cm³/mol. The number of hydrogen-bond acceptors (Lipinski definition) is 9. The number of aliphatic hydroxyl groups is 1. The monoisotopic (exact) mass is 539 g/mol. The van der Waals surface area contributed by atoms with E-state index in [1.165, 1.54) is 17.6 Å². The van der Waals surface area contributed by atoms with Crippen LogP contribution in [0.5, 0.6) is 0 Å². The third kappa shape index (κ3) is 5.48. The summed E-state index contributed by atoms with van der Waals surface area (Å²) < 4.78 is 51.5. The second-order valence-corrected chi connectivity index (χ2v) is 15.0. The minimum absolute atomic E-state index is 0.0251. The lowest BCUT2D eigenvalue weighted by Crippen LogP contribution is -2.31. The van der Waals surface area contributed by atoms with Crippen molar-refractivity contribution in [3.05, 3.63) is 11.6 Å². The molecule has 0 spiro atoms. The van der Waals surface area contributed by atoms with Crippen LogP contribution in [0.2, 0.25) is 5.28 Å². The molecule has 190 valence electrons. The maximum Gasteiger partial charge on any atom is 0.226 e. The van der Waals surface area contributed by atoms with Crippen molar-refractivity contribution in [1.82, 2.24) is 19.5 Å². The van der Waals surface area contributed by atoms with Gasteiger partial charge in [-0.15, -0.1) is 0 Å². The Hall–Kier alpha value is -1.13. The standard InChI is InChI=1S/C19H29ClFN5O6P2/c1-25(11-6-4-5-7-11)16-14-17(24-19(20)23-16)26(9-22-14)18-13(21)15(27)12(32-18)8-31-34(3,30)10-33(2,28)29/h9,11-13,15,18,27H,4-8,10H2,1-3H3,(H,28,29)/t12-,13+,15-,18-,34?/m1/s1. The minimum Gasteiger partial charge on any atom is -0.387 e. The number of ether oxygens (including phenoxy) is 1. The molecular formula is C19H29ClFN5O6P2. The van der Waals surface area contributed by atoms with Gasteiger partial charge in [-0.2, -0.15) is 9.97 Å². The molecule has 0 radical (unpaired) electrons. The molecule has 0 amide bonds. The van der Waals surface area contributed by atoms with E-state index in [0.717, 1.165) is 32.3 Å². The molecular weight excluding hydrogens is 511 g/mol. The van der Waals surface area contributed by atoms with Crippen molar-refractivity contribution >= 4 is 43.3 Å². The van der Waals surface area contributed by atoms with Gasteiger partial charge >= 0.3 is 0 Å². The van der Waals surface area contributed by atoms with Gasteiger partial charge in [-0.25, -0.2) is 9.37 Å². The summed E-state index contributed by atoms with van der Waals surface area (Å²) in [5.41, 5.74) is 0.693. The summed E-state index contributed by atoms with van der Waals surface area (Å²) in [6, 6.07) is 0.293. The van der Waals surface area contributed by atoms with Crippen molar-refractivity contribution < 1.29 is 32.8 Å². The van der Waals surface area contributed by atoms with Crippen molar-refractivity contribution in [2.45, 2.75) is 56.3 Å². The number of anilines is 1. The first-order valence-corrected chi connectivity index (χ1v) is 15.9. The van der Waals surface area contributed by atoms with Crippen LogP contribution in [0.25, 0.3) is 11.2 Å². The molecule has 2 fully saturated rings. The molecule has 2 aromatic heterocycles. The van der Waals surface area contributed by atoms with Crippen LogP contribution in [0.1, 0.15) is 31.9 Å². The highest BCUT2D eigenvalue weighted by atomic mass is 35.5. The van der Waals surface area contributed by atoms with Crippen LogP contribution in [0.4, 0.5) is 10.2 Å². The molecule has 2 N–H and O–H groups in total. The summed E-state index contributed by atoms with van der Waals surface area (Å²) in [5.74, 6) is 0.0128. The maximum atomic E-state index is 15.1. The first kappa shape index (κ1) is 25.9. The van der Waals surface area contributed by atoms with Gasteiger partial charge in [-0.1, -0.05) is 12.8 Å². The lowest BCUT2D eigenvalue weighted by Gasteiger charge is -2.25. The fourth-order valence-corrected chi connectivity index (χ4v) is 9.35. The zero-order valence-corrected chi connectivity index (χ0v) is 21.7. The summed E-state index contributed by atoms with van der Waals surface area (Å²) in [4.78, 5) is 24.5.